The zero-order valence-electron chi connectivity index (χ0n) is 9.84. The molecule has 0 amide bonds. The fourth-order valence-electron chi connectivity index (χ4n) is 1.71. The summed E-state index contributed by atoms with van der Waals surface area (Å²) in [5.41, 5.74) is 0.238. The molecule has 0 bridgehead atoms. The highest BCUT2D eigenvalue weighted by Crippen LogP contribution is 2.30. The maximum atomic E-state index is 11.7. The number of nitrogens with zero attached hydrogens (tertiary/aromatic N) is 1. The molecule has 0 radical (unpaired) electrons. The minimum Gasteiger partial charge on any atom is -0.618 e. The zero-order chi connectivity index (χ0) is 13.3. The Balaban J connectivity index is 2.76. The fraction of sp³-hybridized carbons (Fsp3) is 0.167. The maximum Gasteiger partial charge on any atom is 0.341 e. The molecule has 94 valence electrons. The van der Waals surface area contributed by atoms with Crippen molar-refractivity contribution in [1.29, 1.82) is 0 Å². The topological polar surface area (TPSA) is 82.7 Å². The molecule has 0 unspecified atom stereocenters. The highest BCUT2D eigenvalue weighted by Gasteiger charge is 2.15. The van der Waals surface area contributed by atoms with Crippen LogP contribution in [0.15, 0.2) is 24.4 Å². The quantitative estimate of drug-likeness (QED) is 0.652. The first-order chi connectivity index (χ1) is 8.56. The van der Waals surface area contributed by atoms with Crippen molar-refractivity contribution in [2.24, 2.45) is 0 Å². The number of rotatable bonds is 3. The van der Waals surface area contributed by atoms with Gasteiger partial charge in [-0.15, -0.1) is 0 Å². The van der Waals surface area contributed by atoms with E-state index in [9.17, 15) is 10.0 Å². The van der Waals surface area contributed by atoms with E-state index < -0.39 is 5.97 Å². The molecule has 0 aliphatic rings. The zero-order valence-corrected chi connectivity index (χ0v) is 9.84. The van der Waals surface area contributed by atoms with Gasteiger partial charge in [-0.05, 0) is 12.1 Å². The number of carboxylic acid groups (broad SMARTS) is 1. The van der Waals surface area contributed by atoms with Gasteiger partial charge in [0.05, 0.1) is 25.7 Å². The van der Waals surface area contributed by atoms with Gasteiger partial charge in [-0.1, -0.05) is 0 Å². The van der Waals surface area contributed by atoms with Gasteiger partial charge in [0.25, 0.3) is 0 Å². The number of methoxy groups -OCH3 is 2. The summed E-state index contributed by atoms with van der Waals surface area (Å²) < 4.78 is 10.7. The predicted octanol–water partition coefficient (Wildman–Crippen LogP) is 1.19. The minimum atomic E-state index is -1.16. The Morgan fingerprint density at radius 3 is 2.39 bits per heavy atom. The molecule has 2 rings (SSSR count). The van der Waals surface area contributed by atoms with E-state index in [-0.39, 0.29) is 5.56 Å². The maximum absolute atomic E-state index is 11.7. The van der Waals surface area contributed by atoms with E-state index in [1.165, 1.54) is 26.4 Å². The van der Waals surface area contributed by atoms with Crippen LogP contribution < -0.4 is 14.2 Å². The van der Waals surface area contributed by atoms with Gasteiger partial charge < -0.3 is 19.8 Å². The van der Waals surface area contributed by atoms with Crippen LogP contribution in [0.25, 0.3) is 10.9 Å². The van der Waals surface area contributed by atoms with Crippen LogP contribution in [0.3, 0.4) is 0 Å². The van der Waals surface area contributed by atoms with Crippen molar-refractivity contribution < 1.29 is 24.1 Å². The molecular weight excluding hydrogens is 238 g/mol. The Morgan fingerprint density at radius 1 is 1.22 bits per heavy atom. The van der Waals surface area contributed by atoms with Crippen LogP contribution in [0.2, 0.25) is 0 Å². The van der Waals surface area contributed by atoms with E-state index in [1.807, 2.05) is 0 Å². The van der Waals surface area contributed by atoms with E-state index in [4.69, 9.17) is 14.6 Å². The molecule has 1 N–H and O–H groups in total. The Hall–Kier alpha value is -2.50. The lowest BCUT2D eigenvalue weighted by atomic mass is 10.1. The SMILES string of the molecule is COc1cc2cc(C(=O)O)c[n+]([O-])c2cc1OC. The second-order valence-electron chi connectivity index (χ2n) is 3.63. The first kappa shape index (κ1) is 12.0. The minimum absolute atomic E-state index is 0.0790. The molecule has 0 atom stereocenters. The molecule has 6 nitrogen and oxygen atoms in total. The number of carboxylic acids is 1. The van der Waals surface area contributed by atoms with Crippen LogP contribution >= 0.6 is 0 Å². The summed E-state index contributed by atoms with van der Waals surface area (Å²) in [6.45, 7) is 0. The monoisotopic (exact) mass is 249 g/mol. The lowest BCUT2D eigenvalue weighted by Gasteiger charge is -2.09. The summed E-state index contributed by atoms with van der Waals surface area (Å²) in [4.78, 5) is 10.9. The molecule has 0 saturated heterocycles. The van der Waals surface area contributed by atoms with E-state index in [2.05, 4.69) is 0 Å². The second-order valence-corrected chi connectivity index (χ2v) is 3.63. The predicted molar refractivity (Wildman–Crippen MR) is 63.0 cm³/mol. The van der Waals surface area contributed by atoms with Crippen LogP contribution in [-0.2, 0) is 0 Å². The number of hydrogen-bond acceptors (Lipinski definition) is 4. The molecule has 1 aromatic heterocycles. The molecule has 0 fully saturated rings. The average Bonchev–Trinajstić information content (AvgIpc) is 2.36. The van der Waals surface area contributed by atoms with Gasteiger partial charge in [0.15, 0.2) is 17.7 Å². The fourth-order valence-corrected chi connectivity index (χ4v) is 1.71. The second kappa shape index (κ2) is 4.40. The van der Waals surface area contributed by atoms with Crippen LogP contribution in [0.5, 0.6) is 11.5 Å². The van der Waals surface area contributed by atoms with Gasteiger partial charge in [-0.3, -0.25) is 0 Å². The molecule has 2 aromatic rings. The smallest absolute Gasteiger partial charge is 0.341 e. The molecule has 1 aromatic carbocycles. The van der Waals surface area contributed by atoms with E-state index in [0.717, 1.165) is 6.20 Å². The highest BCUT2D eigenvalue weighted by atomic mass is 16.5. The van der Waals surface area contributed by atoms with Crippen LogP contribution in [-0.4, -0.2) is 25.3 Å². The Morgan fingerprint density at radius 2 is 1.83 bits per heavy atom. The average molecular weight is 249 g/mol. The first-order valence-corrected chi connectivity index (χ1v) is 5.09. The molecule has 0 saturated carbocycles. The van der Waals surface area contributed by atoms with Gasteiger partial charge in [0.2, 0.25) is 5.52 Å². The van der Waals surface area contributed by atoms with Gasteiger partial charge in [-0.25, -0.2) is 4.79 Å². The van der Waals surface area contributed by atoms with Crippen LogP contribution in [0, 0.1) is 5.21 Å². The number of benzene rings is 1. The molecular formula is C12H11NO5. The number of pyridine rings is 1. The third-order valence-electron chi connectivity index (χ3n) is 2.58. The van der Waals surface area contributed by atoms with Crippen molar-refractivity contribution in [1.82, 2.24) is 0 Å². The number of ether oxygens (including phenoxy) is 2. The lowest BCUT2D eigenvalue weighted by molar-refractivity contribution is -0.577. The van der Waals surface area contributed by atoms with E-state index in [1.54, 1.807) is 6.07 Å². The van der Waals surface area contributed by atoms with Crippen molar-refractivity contribution in [3.8, 4) is 11.5 Å². The highest BCUT2D eigenvalue weighted by molar-refractivity contribution is 5.92. The van der Waals surface area contributed by atoms with Crippen molar-refractivity contribution in [3.63, 3.8) is 0 Å². The van der Waals surface area contributed by atoms with E-state index >= 15 is 0 Å². The third-order valence-corrected chi connectivity index (χ3v) is 2.58. The summed E-state index contributed by atoms with van der Waals surface area (Å²) in [6, 6.07) is 4.48. The normalized spacial score (nSPS) is 10.3. The Labute approximate surface area is 103 Å². The van der Waals surface area contributed by atoms with Crippen LogP contribution in [0.1, 0.15) is 10.4 Å². The molecule has 6 heteroatoms. The summed E-state index contributed by atoms with van der Waals surface area (Å²) in [5, 5.41) is 21.1. The van der Waals surface area contributed by atoms with Crippen molar-refractivity contribution in [2.45, 2.75) is 0 Å². The van der Waals surface area contributed by atoms with Gasteiger partial charge in [0.1, 0.15) is 5.56 Å². The summed E-state index contributed by atoms with van der Waals surface area (Å²) in [7, 11) is 2.93. The van der Waals surface area contributed by atoms with Gasteiger partial charge >= 0.3 is 5.97 Å². The molecule has 0 spiro atoms. The third kappa shape index (κ3) is 1.88. The van der Waals surface area contributed by atoms with Crippen LogP contribution in [0.4, 0.5) is 0 Å². The summed E-state index contributed by atoms with van der Waals surface area (Å²) >= 11 is 0. The van der Waals surface area contributed by atoms with Gasteiger partial charge in [-0.2, -0.15) is 4.73 Å². The molecule has 0 aliphatic carbocycles. The van der Waals surface area contributed by atoms with Crippen molar-refractivity contribution >= 4 is 16.9 Å². The first-order valence-electron chi connectivity index (χ1n) is 5.09. The number of carbonyl (C=O) groups is 1. The van der Waals surface area contributed by atoms with Crippen molar-refractivity contribution in [3.05, 3.63) is 35.2 Å². The van der Waals surface area contributed by atoms with Crippen molar-refractivity contribution in [2.75, 3.05) is 14.2 Å². The number of fused-ring (bicyclic) bond motifs is 1. The standard InChI is InChI=1S/C12H11NO5/c1-17-10-4-7-3-8(12(14)15)6-13(16)9(7)5-11(10)18-2/h3-6H,1-2H3,(H,14,15). The summed E-state index contributed by atoms with van der Waals surface area (Å²) in [6.07, 6.45) is 1.01. The number of hydrogen-bond donors (Lipinski definition) is 1. The number of aromatic nitrogens is 1. The molecule has 1 heterocycles. The lowest BCUT2D eigenvalue weighted by Crippen LogP contribution is -2.28. The molecule has 0 aliphatic heterocycles. The Kier molecular flexibility index (Phi) is 2.93. The summed E-state index contributed by atoms with van der Waals surface area (Å²) in [5.74, 6) is -0.304. The largest absolute Gasteiger partial charge is 0.618 e. The Bertz CT molecular complexity index is 623. The molecule has 18 heavy (non-hydrogen) atoms. The van der Waals surface area contributed by atoms with E-state index in [0.29, 0.717) is 27.1 Å². The number of aromatic carboxylic acids is 1. The van der Waals surface area contributed by atoms with Gasteiger partial charge in [0, 0.05) is 0 Å².